The minimum absolute atomic E-state index is 0.0334. The lowest BCUT2D eigenvalue weighted by Crippen LogP contribution is -2.17. The van der Waals surface area contributed by atoms with E-state index in [2.05, 4.69) is 14.8 Å². The molecule has 0 aromatic heterocycles. The fourth-order valence-electron chi connectivity index (χ4n) is 2.84. The number of hydrogen-bond acceptors (Lipinski definition) is 6. The van der Waals surface area contributed by atoms with Crippen LogP contribution in [0.15, 0.2) is 71.6 Å². The maximum Gasteiger partial charge on any atom is 0.573 e. The molecule has 2 N–H and O–H groups in total. The summed E-state index contributed by atoms with van der Waals surface area (Å²) >= 11 is 0. The summed E-state index contributed by atoms with van der Waals surface area (Å²) in [5, 5.41) is 2.50. The van der Waals surface area contributed by atoms with Crippen LogP contribution in [0.1, 0.15) is 10.4 Å². The van der Waals surface area contributed by atoms with Crippen LogP contribution < -0.4 is 24.2 Å². The van der Waals surface area contributed by atoms with E-state index in [1.807, 2.05) is 0 Å². The molecule has 12 heteroatoms. The zero-order chi connectivity index (χ0) is 24.9. The van der Waals surface area contributed by atoms with Gasteiger partial charge in [-0.3, -0.25) is 9.52 Å². The van der Waals surface area contributed by atoms with Crippen LogP contribution in [0.25, 0.3) is 0 Å². The average Bonchev–Trinajstić information content (AvgIpc) is 2.78. The number of ether oxygens (including phenoxy) is 3. The van der Waals surface area contributed by atoms with Crippen molar-refractivity contribution >= 4 is 27.3 Å². The van der Waals surface area contributed by atoms with Crippen molar-refractivity contribution < 1.29 is 40.6 Å². The molecular formula is C22H19F3N2O6S. The second-order valence-corrected chi connectivity index (χ2v) is 8.38. The normalized spacial score (nSPS) is 11.4. The van der Waals surface area contributed by atoms with Gasteiger partial charge in [-0.2, -0.15) is 0 Å². The first kappa shape index (κ1) is 24.7. The molecule has 8 nitrogen and oxygen atoms in total. The number of halogens is 3. The zero-order valence-electron chi connectivity index (χ0n) is 17.8. The summed E-state index contributed by atoms with van der Waals surface area (Å²) in [4.78, 5) is 12.3. The summed E-state index contributed by atoms with van der Waals surface area (Å²) in [5.74, 6) is -0.572. The Balaban J connectivity index is 1.80. The molecule has 0 bridgehead atoms. The van der Waals surface area contributed by atoms with Gasteiger partial charge in [0.1, 0.15) is 22.1 Å². The van der Waals surface area contributed by atoms with E-state index >= 15 is 0 Å². The minimum Gasteiger partial charge on any atom is -0.497 e. The van der Waals surface area contributed by atoms with Gasteiger partial charge in [0.15, 0.2) is 0 Å². The van der Waals surface area contributed by atoms with Crippen molar-refractivity contribution in [2.45, 2.75) is 11.3 Å². The highest BCUT2D eigenvalue weighted by Gasteiger charge is 2.31. The van der Waals surface area contributed by atoms with Crippen molar-refractivity contribution in [3.05, 3.63) is 72.3 Å². The van der Waals surface area contributed by atoms with Crippen molar-refractivity contribution in [3.8, 4) is 17.2 Å². The van der Waals surface area contributed by atoms with E-state index in [0.29, 0.717) is 5.75 Å². The number of hydrogen-bond donors (Lipinski definition) is 2. The molecular weight excluding hydrogens is 477 g/mol. The summed E-state index contributed by atoms with van der Waals surface area (Å²) in [6.45, 7) is 0. The second kappa shape index (κ2) is 9.91. The van der Waals surface area contributed by atoms with Gasteiger partial charge in [-0.15, -0.1) is 13.2 Å². The average molecular weight is 496 g/mol. The predicted molar refractivity (Wildman–Crippen MR) is 118 cm³/mol. The first-order valence-electron chi connectivity index (χ1n) is 9.53. The van der Waals surface area contributed by atoms with Crippen LogP contribution in [0.5, 0.6) is 17.2 Å². The SMILES string of the molecule is COc1ccc(NS(=O)(=O)c2cc(NC(=O)c3ccc(OC(F)(F)F)cc3)ccc2OC)cc1. The van der Waals surface area contributed by atoms with Gasteiger partial charge in [0.05, 0.1) is 14.2 Å². The number of alkyl halides is 3. The van der Waals surface area contributed by atoms with E-state index in [4.69, 9.17) is 9.47 Å². The van der Waals surface area contributed by atoms with Gasteiger partial charge in [0.2, 0.25) is 0 Å². The Hall–Kier alpha value is -3.93. The molecule has 0 radical (unpaired) electrons. The molecule has 0 saturated heterocycles. The van der Waals surface area contributed by atoms with Gasteiger partial charge in [-0.1, -0.05) is 0 Å². The number of anilines is 2. The number of sulfonamides is 1. The van der Waals surface area contributed by atoms with Crippen molar-refractivity contribution in [3.63, 3.8) is 0 Å². The van der Waals surface area contributed by atoms with Gasteiger partial charge in [0, 0.05) is 16.9 Å². The molecule has 0 fully saturated rings. The van der Waals surface area contributed by atoms with Crippen LogP contribution in [-0.4, -0.2) is 34.9 Å². The van der Waals surface area contributed by atoms with E-state index < -0.39 is 28.0 Å². The zero-order valence-corrected chi connectivity index (χ0v) is 18.7. The number of rotatable bonds is 8. The van der Waals surface area contributed by atoms with Gasteiger partial charge >= 0.3 is 6.36 Å². The summed E-state index contributed by atoms with van der Waals surface area (Å²) in [7, 11) is -1.33. The Morgan fingerprint density at radius 3 is 1.97 bits per heavy atom. The Morgan fingerprint density at radius 1 is 0.824 bits per heavy atom. The molecule has 0 unspecified atom stereocenters. The van der Waals surface area contributed by atoms with Gasteiger partial charge in [-0.05, 0) is 66.7 Å². The lowest BCUT2D eigenvalue weighted by Gasteiger charge is -2.14. The molecule has 1 amide bonds. The fourth-order valence-corrected chi connectivity index (χ4v) is 4.10. The maximum atomic E-state index is 13.0. The van der Waals surface area contributed by atoms with Crippen molar-refractivity contribution in [1.82, 2.24) is 0 Å². The van der Waals surface area contributed by atoms with E-state index in [-0.39, 0.29) is 27.6 Å². The molecule has 3 rings (SSSR count). The predicted octanol–water partition coefficient (Wildman–Crippen LogP) is 4.66. The summed E-state index contributed by atoms with van der Waals surface area (Å²) in [6.07, 6.45) is -4.85. The quantitative estimate of drug-likeness (QED) is 0.471. The Labute approximate surface area is 193 Å². The molecule has 0 aliphatic carbocycles. The van der Waals surface area contributed by atoms with E-state index in [0.717, 1.165) is 24.3 Å². The van der Waals surface area contributed by atoms with Crippen LogP contribution in [0.4, 0.5) is 24.5 Å². The number of carbonyl (C=O) groups excluding carboxylic acids is 1. The van der Waals surface area contributed by atoms with Gasteiger partial charge < -0.3 is 19.5 Å². The highest BCUT2D eigenvalue weighted by molar-refractivity contribution is 7.92. The largest absolute Gasteiger partial charge is 0.573 e. The third-order valence-electron chi connectivity index (χ3n) is 4.40. The lowest BCUT2D eigenvalue weighted by atomic mass is 10.2. The topological polar surface area (TPSA) is 103 Å². The Kier molecular flexibility index (Phi) is 7.20. The van der Waals surface area contributed by atoms with Crippen LogP contribution >= 0.6 is 0 Å². The van der Waals surface area contributed by atoms with Crippen LogP contribution in [-0.2, 0) is 10.0 Å². The fraction of sp³-hybridized carbons (Fsp3) is 0.136. The van der Waals surface area contributed by atoms with E-state index in [1.54, 1.807) is 12.1 Å². The Morgan fingerprint density at radius 2 is 1.41 bits per heavy atom. The van der Waals surface area contributed by atoms with Crippen molar-refractivity contribution in [2.24, 2.45) is 0 Å². The molecule has 0 aliphatic heterocycles. The molecule has 3 aromatic carbocycles. The molecule has 0 spiro atoms. The van der Waals surface area contributed by atoms with Gasteiger partial charge in [-0.25, -0.2) is 8.42 Å². The molecule has 180 valence electrons. The van der Waals surface area contributed by atoms with E-state index in [1.165, 1.54) is 44.6 Å². The number of methoxy groups -OCH3 is 2. The summed E-state index contributed by atoms with van der Waals surface area (Å²) < 4.78 is 79.1. The first-order chi connectivity index (χ1) is 16.0. The first-order valence-corrected chi connectivity index (χ1v) is 11.0. The molecule has 0 aliphatic rings. The minimum atomic E-state index is -4.85. The molecule has 0 atom stereocenters. The molecule has 0 heterocycles. The molecule has 34 heavy (non-hydrogen) atoms. The standard InChI is InChI=1S/C22H19F3N2O6S/c1-31-17-10-5-15(6-11-17)27-34(29,30)20-13-16(7-12-19(20)32-2)26-21(28)14-3-8-18(9-4-14)33-22(23,24)25/h3-13,27H,1-2H3,(H,26,28). The summed E-state index contributed by atoms with van der Waals surface area (Å²) in [5.41, 5.74) is 0.432. The van der Waals surface area contributed by atoms with Crippen LogP contribution in [0, 0.1) is 0 Å². The number of nitrogens with one attached hydrogen (secondary N) is 2. The number of carbonyl (C=O) groups is 1. The van der Waals surface area contributed by atoms with Gasteiger partial charge in [0.25, 0.3) is 15.9 Å². The molecule has 3 aromatic rings. The maximum absolute atomic E-state index is 13.0. The number of benzene rings is 3. The number of amides is 1. The van der Waals surface area contributed by atoms with Crippen molar-refractivity contribution in [1.29, 1.82) is 0 Å². The van der Waals surface area contributed by atoms with E-state index in [9.17, 15) is 26.4 Å². The van der Waals surface area contributed by atoms with Crippen LogP contribution in [0.2, 0.25) is 0 Å². The smallest absolute Gasteiger partial charge is 0.497 e. The third kappa shape index (κ3) is 6.32. The summed E-state index contributed by atoms with van der Waals surface area (Å²) in [6, 6.07) is 14.4. The Bertz CT molecular complexity index is 1260. The van der Waals surface area contributed by atoms with Crippen LogP contribution in [0.3, 0.4) is 0 Å². The monoisotopic (exact) mass is 496 g/mol. The second-order valence-electron chi connectivity index (χ2n) is 6.73. The lowest BCUT2D eigenvalue weighted by molar-refractivity contribution is -0.274. The highest BCUT2D eigenvalue weighted by Crippen LogP contribution is 2.30. The highest BCUT2D eigenvalue weighted by atomic mass is 32.2. The third-order valence-corrected chi connectivity index (χ3v) is 5.81. The molecule has 0 saturated carbocycles. The van der Waals surface area contributed by atoms with Crippen molar-refractivity contribution in [2.75, 3.05) is 24.3 Å².